The van der Waals surface area contributed by atoms with Crippen molar-refractivity contribution in [3.63, 3.8) is 0 Å². The fourth-order valence-electron chi connectivity index (χ4n) is 4.43. The molecular formula is C29H30N6O3. The SMILES string of the molecule is Cc1nc(Oc2ccc(NC(=O)C3CC(=O)N(c4ccc(C)c(C)c4)C3)cc2)cc(-n2cnc(C)c2C)n1. The first-order valence-electron chi connectivity index (χ1n) is 12.5. The first-order valence-corrected chi connectivity index (χ1v) is 12.5. The Labute approximate surface area is 221 Å². The minimum absolute atomic E-state index is 0.0438. The number of rotatable bonds is 6. The van der Waals surface area contributed by atoms with Crippen LogP contribution in [-0.2, 0) is 9.59 Å². The molecular weight excluding hydrogens is 480 g/mol. The average Bonchev–Trinajstić information content (AvgIpc) is 3.43. The molecule has 1 fully saturated rings. The normalized spacial score (nSPS) is 15.1. The van der Waals surface area contributed by atoms with E-state index < -0.39 is 5.92 Å². The quantitative estimate of drug-likeness (QED) is 0.392. The molecule has 1 aliphatic rings. The van der Waals surface area contributed by atoms with Gasteiger partial charge in [0.25, 0.3) is 0 Å². The lowest BCUT2D eigenvalue weighted by Crippen LogP contribution is -2.28. The van der Waals surface area contributed by atoms with E-state index in [0.717, 1.165) is 22.6 Å². The monoisotopic (exact) mass is 510 g/mol. The Morgan fingerprint density at radius 3 is 2.42 bits per heavy atom. The number of nitrogens with zero attached hydrogens (tertiary/aromatic N) is 5. The molecule has 4 aromatic rings. The number of ether oxygens (including phenoxy) is 1. The summed E-state index contributed by atoms with van der Waals surface area (Å²) in [6.07, 6.45) is 1.91. The standard InChI is InChI=1S/C29H30N6O3/c1-17-6-9-24(12-18(17)2)34-15-22(13-28(34)36)29(37)33-23-7-10-25(11-8-23)38-27-14-26(31-21(5)32-27)35-16-30-19(3)20(35)4/h6-12,14,16,22H,13,15H2,1-5H3,(H,33,37). The van der Waals surface area contributed by atoms with Gasteiger partial charge in [-0.3, -0.25) is 14.2 Å². The van der Waals surface area contributed by atoms with Crippen LogP contribution in [0.3, 0.4) is 0 Å². The molecule has 38 heavy (non-hydrogen) atoms. The van der Waals surface area contributed by atoms with Crippen LogP contribution in [0.25, 0.3) is 5.82 Å². The predicted octanol–water partition coefficient (Wildman–Crippen LogP) is 4.99. The number of imidazole rings is 1. The highest BCUT2D eigenvalue weighted by molar-refractivity contribution is 6.03. The number of benzene rings is 2. The lowest BCUT2D eigenvalue weighted by molar-refractivity contribution is -0.122. The van der Waals surface area contributed by atoms with Crippen molar-refractivity contribution in [1.82, 2.24) is 19.5 Å². The van der Waals surface area contributed by atoms with Gasteiger partial charge < -0.3 is 15.0 Å². The molecule has 194 valence electrons. The average molecular weight is 511 g/mol. The largest absolute Gasteiger partial charge is 0.439 e. The lowest BCUT2D eigenvalue weighted by atomic mass is 10.1. The summed E-state index contributed by atoms with van der Waals surface area (Å²) in [5.74, 6) is 1.59. The summed E-state index contributed by atoms with van der Waals surface area (Å²) in [6.45, 7) is 10.2. The van der Waals surface area contributed by atoms with E-state index in [1.165, 1.54) is 5.56 Å². The summed E-state index contributed by atoms with van der Waals surface area (Å²) in [5, 5.41) is 2.93. The molecule has 1 N–H and O–H groups in total. The molecule has 2 aromatic heterocycles. The van der Waals surface area contributed by atoms with Crippen molar-refractivity contribution in [2.75, 3.05) is 16.8 Å². The fraction of sp³-hybridized carbons (Fsp3) is 0.276. The smallest absolute Gasteiger partial charge is 0.229 e. The molecule has 3 heterocycles. The topological polar surface area (TPSA) is 102 Å². The second-order valence-electron chi connectivity index (χ2n) is 9.69. The minimum atomic E-state index is -0.419. The molecule has 2 amide bonds. The number of hydrogen-bond acceptors (Lipinski definition) is 6. The molecule has 1 atom stereocenters. The van der Waals surface area contributed by atoms with Gasteiger partial charge in [0.15, 0.2) is 0 Å². The van der Waals surface area contributed by atoms with E-state index in [2.05, 4.69) is 20.3 Å². The zero-order valence-corrected chi connectivity index (χ0v) is 22.1. The molecule has 1 saturated heterocycles. The molecule has 0 aliphatic carbocycles. The van der Waals surface area contributed by atoms with Gasteiger partial charge in [-0.15, -0.1) is 0 Å². The Hall–Kier alpha value is -4.53. The fourth-order valence-corrected chi connectivity index (χ4v) is 4.43. The maximum absolute atomic E-state index is 12.9. The molecule has 9 heteroatoms. The molecule has 1 aliphatic heterocycles. The summed E-state index contributed by atoms with van der Waals surface area (Å²) in [7, 11) is 0. The molecule has 0 saturated carbocycles. The van der Waals surface area contributed by atoms with Gasteiger partial charge in [-0.25, -0.2) is 9.97 Å². The maximum atomic E-state index is 12.9. The van der Waals surface area contributed by atoms with Crippen LogP contribution in [0.4, 0.5) is 11.4 Å². The number of hydrogen-bond donors (Lipinski definition) is 1. The highest BCUT2D eigenvalue weighted by Gasteiger charge is 2.35. The van der Waals surface area contributed by atoms with Crippen LogP contribution in [0, 0.1) is 40.5 Å². The molecule has 0 bridgehead atoms. The Balaban J connectivity index is 1.23. The van der Waals surface area contributed by atoms with Gasteiger partial charge in [-0.1, -0.05) is 6.07 Å². The van der Waals surface area contributed by atoms with E-state index in [1.54, 1.807) is 41.6 Å². The summed E-state index contributed by atoms with van der Waals surface area (Å²) < 4.78 is 7.87. The molecule has 2 aromatic carbocycles. The maximum Gasteiger partial charge on any atom is 0.229 e. The lowest BCUT2D eigenvalue weighted by Gasteiger charge is -2.18. The van der Waals surface area contributed by atoms with E-state index in [-0.39, 0.29) is 18.2 Å². The van der Waals surface area contributed by atoms with Crippen LogP contribution >= 0.6 is 0 Å². The van der Waals surface area contributed by atoms with Crippen LogP contribution in [0.5, 0.6) is 11.6 Å². The number of nitrogens with one attached hydrogen (secondary N) is 1. The van der Waals surface area contributed by atoms with E-state index in [0.29, 0.717) is 35.5 Å². The van der Waals surface area contributed by atoms with Gasteiger partial charge in [-0.2, -0.15) is 4.98 Å². The summed E-state index contributed by atoms with van der Waals surface area (Å²) in [5.41, 5.74) is 5.67. The van der Waals surface area contributed by atoms with Crippen molar-refractivity contribution in [1.29, 1.82) is 0 Å². The number of aromatic nitrogens is 4. The van der Waals surface area contributed by atoms with Gasteiger partial charge in [0.1, 0.15) is 23.7 Å². The second kappa shape index (κ2) is 10.1. The second-order valence-corrected chi connectivity index (χ2v) is 9.69. The summed E-state index contributed by atoms with van der Waals surface area (Å²) >= 11 is 0. The Morgan fingerprint density at radius 1 is 0.974 bits per heavy atom. The molecule has 0 spiro atoms. The van der Waals surface area contributed by atoms with Crippen LogP contribution < -0.4 is 15.0 Å². The number of aryl methyl sites for hydroxylation is 4. The highest BCUT2D eigenvalue weighted by atomic mass is 16.5. The number of carbonyl (C=O) groups is 2. The van der Waals surface area contributed by atoms with Crippen molar-refractivity contribution < 1.29 is 14.3 Å². The van der Waals surface area contributed by atoms with Crippen molar-refractivity contribution in [2.24, 2.45) is 5.92 Å². The highest BCUT2D eigenvalue weighted by Crippen LogP contribution is 2.28. The van der Waals surface area contributed by atoms with Gasteiger partial charge in [0.05, 0.1) is 11.6 Å². The molecule has 1 unspecified atom stereocenters. The van der Waals surface area contributed by atoms with Crippen molar-refractivity contribution in [2.45, 2.75) is 41.0 Å². The van der Waals surface area contributed by atoms with Crippen LogP contribution in [0.1, 0.15) is 34.8 Å². The molecule has 5 rings (SSSR count). The van der Waals surface area contributed by atoms with Crippen LogP contribution in [0.15, 0.2) is 54.9 Å². The Kier molecular flexibility index (Phi) is 6.67. The summed E-state index contributed by atoms with van der Waals surface area (Å²) in [6, 6.07) is 14.7. The molecule has 0 radical (unpaired) electrons. The first kappa shape index (κ1) is 25.1. The van der Waals surface area contributed by atoms with Gasteiger partial charge in [0, 0.05) is 36.1 Å². The third kappa shape index (κ3) is 5.13. The minimum Gasteiger partial charge on any atom is -0.439 e. The van der Waals surface area contributed by atoms with E-state index in [1.807, 2.05) is 57.4 Å². The van der Waals surface area contributed by atoms with E-state index >= 15 is 0 Å². The number of carbonyl (C=O) groups excluding carboxylic acids is 2. The number of amides is 2. The third-order valence-corrected chi connectivity index (χ3v) is 6.94. The van der Waals surface area contributed by atoms with E-state index in [4.69, 9.17) is 4.74 Å². The van der Waals surface area contributed by atoms with Crippen molar-refractivity contribution in [3.05, 3.63) is 83.2 Å². The van der Waals surface area contributed by atoms with Gasteiger partial charge in [-0.05, 0) is 82.1 Å². The van der Waals surface area contributed by atoms with E-state index in [9.17, 15) is 9.59 Å². The first-order chi connectivity index (χ1) is 18.2. The Morgan fingerprint density at radius 2 is 1.74 bits per heavy atom. The summed E-state index contributed by atoms with van der Waals surface area (Å²) in [4.78, 5) is 40.5. The van der Waals surface area contributed by atoms with Crippen molar-refractivity contribution >= 4 is 23.2 Å². The predicted molar refractivity (Wildman–Crippen MR) is 145 cm³/mol. The Bertz CT molecular complexity index is 1530. The van der Waals surface area contributed by atoms with Crippen molar-refractivity contribution in [3.8, 4) is 17.4 Å². The van der Waals surface area contributed by atoms with Crippen LogP contribution in [0.2, 0.25) is 0 Å². The third-order valence-electron chi connectivity index (χ3n) is 6.94. The zero-order chi connectivity index (χ0) is 27.0. The van der Waals surface area contributed by atoms with Gasteiger partial charge in [0.2, 0.25) is 17.7 Å². The zero-order valence-electron chi connectivity index (χ0n) is 22.1. The van der Waals surface area contributed by atoms with Crippen LogP contribution in [-0.4, -0.2) is 37.9 Å². The van der Waals surface area contributed by atoms with Gasteiger partial charge >= 0.3 is 0 Å². The molecule has 9 nitrogen and oxygen atoms in total. The number of anilines is 2.